The van der Waals surface area contributed by atoms with Crippen LogP contribution in [0.4, 0.5) is 0 Å². The van der Waals surface area contributed by atoms with E-state index in [0.29, 0.717) is 5.02 Å². The Hall–Kier alpha value is -0.800. The van der Waals surface area contributed by atoms with Crippen LogP contribution >= 0.6 is 27.5 Å². The van der Waals surface area contributed by atoms with Gasteiger partial charge >= 0.3 is 0 Å². The van der Waals surface area contributed by atoms with Crippen molar-refractivity contribution in [1.29, 1.82) is 0 Å². The molecule has 1 aromatic rings. The molecule has 4 heteroatoms. The summed E-state index contributed by atoms with van der Waals surface area (Å²) in [5, 5.41) is 0.645. The molecule has 0 spiro atoms. The number of hydrogen-bond acceptors (Lipinski definition) is 1. The van der Waals surface area contributed by atoms with Gasteiger partial charge in [0.2, 0.25) is 5.91 Å². The Labute approximate surface area is 95.9 Å². The summed E-state index contributed by atoms with van der Waals surface area (Å²) in [6, 6.07) is 5.56. The van der Waals surface area contributed by atoms with Crippen LogP contribution in [-0.2, 0) is 4.79 Å². The Morgan fingerprint density at radius 1 is 1.57 bits per heavy atom. The van der Waals surface area contributed by atoms with Crippen molar-refractivity contribution in [3.8, 4) is 0 Å². The maximum Gasteiger partial charge on any atom is 0.221 e. The van der Waals surface area contributed by atoms with E-state index in [1.807, 2.05) is 24.3 Å². The van der Waals surface area contributed by atoms with Gasteiger partial charge in [0.25, 0.3) is 0 Å². The highest BCUT2D eigenvalue weighted by Crippen LogP contribution is 2.23. The number of halogens is 2. The third-order valence-electron chi connectivity index (χ3n) is 1.57. The zero-order valence-corrected chi connectivity index (χ0v) is 9.68. The summed E-state index contributed by atoms with van der Waals surface area (Å²) in [6.45, 7) is 0. The molecule has 0 unspecified atom stereocenters. The minimum atomic E-state index is -0.343. The van der Waals surface area contributed by atoms with Gasteiger partial charge in [0.05, 0.1) is 5.02 Å². The molecule has 1 aromatic carbocycles. The van der Waals surface area contributed by atoms with E-state index in [0.717, 1.165) is 10.0 Å². The van der Waals surface area contributed by atoms with Gasteiger partial charge < -0.3 is 5.73 Å². The molecule has 0 aromatic heterocycles. The van der Waals surface area contributed by atoms with Crippen LogP contribution in [0.5, 0.6) is 0 Å². The van der Waals surface area contributed by atoms with Crippen molar-refractivity contribution in [3.63, 3.8) is 0 Å². The van der Waals surface area contributed by atoms with E-state index < -0.39 is 0 Å². The van der Waals surface area contributed by atoms with E-state index in [-0.39, 0.29) is 12.3 Å². The predicted octanol–water partition coefficient (Wildman–Crippen LogP) is 2.99. The lowest BCUT2D eigenvalue weighted by Gasteiger charge is -1.97. The average Bonchev–Trinajstić information content (AvgIpc) is 2.10. The van der Waals surface area contributed by atoms with Crippen LogP contribution in [0.25, 0.3) is 6.08 Å². The Balaban J connectivity index is 2.73. The van der Waals surface area contributed by atoms with Crippen molar-refractivity contribution in [2.75, 3.05) is 0 Å². The molecule has 1 rings (SSSR count). The Bertz CT molecular complexity index is 376. The second-order valence-electron chi connectivity index (χ2n) is 2.75. The standard InChI is InChI=1S/C10H9BrClNO/c11-8-5-4-7(6-9(8)12)2-1-3-10(13)14/h1-2,4-6H,3H2,(H2,13,14). The van der Waals surface area contributed by atoms with Crippen LogP contribution < -0.4 is 5.73 Å². The molecule has 0 aliphatic carbocycles. The van der Waals surface area contributed by atoms with Gasteiger partial charge in [0, 0.05) is 10.9 Å². The van der Waals surface area contributed by atoms with Crippen molar-refractivity contribution < 1.29 is 4.79 Å². The van der Waals surface area contributed by atoms with Gasteiger partial charge in [-0.1, -0.05) is 29.8 Å². The first-order valence-corrected chi connectivity index (χ1v) is 5.16. The number of rotatable bonds is 3. The molecule has 0 bridgehead atoms. The minimum absolute atomic E-state index is 0.244. The zero-order chi connectivity index (χ0) is 10.6. The second kappa shape index (κ2) is 5.17. The molecule has 0 heterocycles. The summed E-state index contributed by atoms with van der Waals surface area (Å²) in [5.74, 6) is -0.343. The topological polar surface area (TPSA) is 43.1 Å². The molecule has 0 saturated carbocycles. The van der Waals surface area contributed by atoms with Gasteiger partial charge in [-0.25, -0.2) is 0 Å². The van der Waals surface area contributed by atoms with E-state index >= 15 is 0 Å². The fourth-order valence-corrected chi connectivity index (χ4v) is 1.36. The molecule has 14 heavy (non-hydrogen) atoms. The lowest BCUT2D eigenvalue weighted by molar-refractivity contribution is -0.117. The maximum absolute atomic E-state index is 10.4. The molecular formula is C10H9BrClNO. The SMILES string of the molecule is NC(=O)CC=Cc1ccc(Br)c(Cl)c1. The molecule has 0 atom stereocenters. The summed E-state index contributed by atoms with van der Waals surface area (Å²) < 4.78 is 0.853. The molecule has 1 amide bonds. The van der Waals surface area contributed by atoms with E-state index in [2.05, 4.69) is 15.9 Å². The van der Waals surface area contributed by atoms with Crippen LogP contribution in [0.1, 0.15) is 12.0 Å². The molecule has 2 N–H and O–H groups in total. The van der Waals surface area contributed by atoms with E-state index in [9.17, 15) is 4.79 Å². The van der Waals surface area contributed by atoms with Crippen molar-refractivity contribution in [1.82, 2.24) is 0 Å². The fraction of sp³-hybridized carbons (Fsp3) is 0.100. The van der Waals surface area contributed by atoms with E-state index in [1.54, 1.807) is 6.08 Å². The number of benzene rings is 1. The third-order valence-corrected chi connectivity index (χ3v) is 2.81. The Morgan fingerprint density at radius 2 is 2.29 bits per heavy atom. The molecule has 0 saturated heterocycles. The monoisotopic (exact) mass is 273 g/mol. The Kier molecular flexibility index (Phi) is 4.17. The lowest BCUT2D eigenvalue weighted by atomic mass is 10.2. The molecule has 0 fully saturated rings. The Morgan fingerprint density at radius 3 is 2.86 bits per heavy atom. The van der Waals surface area contributed by atoms with E-state index in [1.165, 1.54) is 0 Å². The molecule has 2 nitrogen and oxygen atoms in total. The quantitative estimate of drug-likeness (QED) is 0.904. The number of hydrogen-bond donors (Lipinski definition) is 1. The largest absolute Gasteiger partial charge is 0.369 e. The summed E-state index contributed by atoms with van der Waals surface area (Å²) in [5.41, 5.74) is 5.93. The van der Waals surface area contributed by atoms with Crippen molar-refractivity contribution in [2.24, 2.45) is 5.73 Å². The van der Waals surface area contributed by atoms with Gasteiger partial charge in [-0.2, -0.15) is 0 Å². The van der Waals surface area contributed by atoms with Crippen LogP contribution in [0.15, 0.2) is 28.7 Å². The van der Waals surface area contributed by atoms with Crippen LogP contribution in [-0.4, -0.2) is 5.91 Å². The van der Waals surface area contributed by atoms with Gasteiger partial charge in [-0.05, 0) is 33.6 Å². The number of carbonyl (C=O) groups is 1. The van der Waals surface area contributed by atoms with Crippen LogP contribution in [0.2, 0.25) is 5.02 Å². The summed E-state index contributed by atoms with van der Waals surface area (Å²) in [4.78, 5) is 10.4. The molecule has 0 aliphatic heterocycles. The van der Waals surface area contributed by atoms with Crippen molar-refractivity contribution >= 4 is 39.5 Å². The zero-order valence-electron chi connectivity index (χ0n) is 7.34. The second-order valence-corrected chi connectivity index (χ2v) is 4.01. The smallest absolute Gasteiger partial charge is 0.221 e. The first-order valence-electron chi connectivity index (χ1n) is 3.99. The lowest BCUT2D eigenvalue weighted by Crippen LogP contribution is -2.07. The number of carbonyl (C=O) groups excluding carboxylic acids is 1. The van der Waals surface area contributed by atoms with Gasteiger partial charge in [-0.15, -0.1) is 0 Å². The highest BCUT2D eigenvalue weighted by atomic mass is 79.9. The minimum Gasteiger partial charge on any atom is -0.369 e. The normalized spacial score (nSPS) is 10.7. The van der Waals surface area contributed by atoms with Gasteiger partial charge in [0.15, 0.2) is 0 Å². The molecule has 0 aliphatic rings. The first-order chi connectivity index (χ1) is 6.59. The summed E-state index contributed by atoms with van der Waals surface area (Å²) in [6.07, 6.45) is 3.76. The number of primary amides is 1. The molecule has 0 radical (unpaired) electrons. The van der Waals surface area contributed by atoms with Crippen molar-refractivity contribution in [3.05, 3.63) is 39.3 Å². The summed E-state index contributed by atoms with van der Waals surface area (Å²) in [7, 11) is 0. The highest BCUT2D eigenvalue weighted by Gasteiger charge is 1.96. The first kappa shape index (κ1) is 11.3. The van der Waals surface area contributed by atoms with Crippen LogP contribution in [0, 0.1) is 0 Å². The van der Waals surface area contributed by atoms with Gasteiger partial charge in [-0.3, -0.25) is 4.79 Å². The fourth-order valence-electron chi connectivity index (χ4n) is 0.927. The number of nitrogens with two attached hydrogens (primary N) is 1. The highest BCUT2D eigenvalue weighted by molar-refractivity contribution is 9.10. The molecular weight excluding hydrogens is 265 g/mol. The third kappa shape index (κ3) is 3.52. The van der Waals surface area contributed by atoms with Gasteiger partial charge in [0.1, 0.15) is 0 Å². The average molecular weight is 275 g/mol. The van der Waals surface area contributed by atoms with Crippen LogP contribution in [0.3, 0.4) is 0 Å². The van der Waals surface area contributed by atoms with E-state index in [4.69, 9.17) is 17.3 Å². The predicted molar refractivity (Wildman–Crippen MR) is 62.0 cm³/mol. The number of amides is 1. The molecule has 74 valence electrons. The van der Waals surface area contributed by atoms with Crippen molar-refractivity contribution in [2.45, 2.75) is 6.42 Å². The summed E-state index contributed by atoms with van der Waals surface area (Å²) >= 11 is 9.17. The maximum atomic E-state index is 10.4.